The summed E-state index contributed by atoms with van der Waals surface area (Å²) in [5, 5.41) is 5.26. The molecule has 0 amide bonds. The van der Waals surface area contributed by atoms with Crippen LogP contribution in [0.3, 0.4) is 0 Å². The van der Waals surface area contributed by atoms with Gasteiger partial charge in [0.2, 0.25) is 0 Å². The molecular formula is C106H76N4. The maximum Gasteiger partial charge on any atom is 0.160 e. The zero-order valence-electron chi connectivity index (χ0n) is 61.7. The van der Waals surface area contributed by atoms with Gasteiger partial charge in [-0.25, -0.2) is 19.9 Å². The summed E-state index contributed by atoms with van der Waals surface area (Å²) >= 11 is 0. The third-order valence-electron chi connectivity index (χ3n) is 22.6. The summed E-state index contributed by atoms with van der Waals surface area (Å²) in [6.07, 6.45) is 0. The summed E-state index contributed by atoms with van der Waals surface area (Å²) in [7, 11) is 0. The van der Waals surface area contributed by atoms with Gasteiger partial charge in [-0.2, -0.15) is 0 Å². The van der Waals surface area contributed by atoms with Crippen molar-refractivity contribution in [1.29, 1.82) is 0 Å². The minimum atomic E-state index is -0.105. The standard InChI is InChI=1S/2C53H38N2/c1-53(2)48-33-43(28-29-46(48)47-30-27-37-15-9-10-22-45(37)51(47)53)41-19-11-18-40(31-41)42-20-12-21-44(32-42)50-34-49(54-52(55-50)39-16-7-4-8-17-39)38-25-23-36(24-26-38)35-13-5-3-6-14-35;1-53(2)47-30-28-37-15-9-10-22-45(37)51(47)46-29-27-43(33-48(46)53)41-19-11-18-40(31-41)42-20-12-21-44(32-42)50-34-49(54-52(55-50)39-16-7-4-8-17-39)38-25-23-36(24-26-38)35-13-5-3-6-14-35/h2*3-34H,1-2H3. The van der Waals surface area contributed by atoms with Crippen molar-refractivity contribution < 1.29 is 0 Å². The number of rotatable bonds is 12. The van der Waals surface area contributed by atoms with Crippen molar-refractivity contribution in [3.63, 3.8) is 0 Å². The van der Waals surface area contributed by atoms with Crippen molar-refractivity contribution >= 4 is 21.5 Å². The highest BCUT2D eigenvalue weighted by Gasteiger charge is 2.38. The molecule has 0 unspecified atom stereocenters. The molecule has 110 heavy (non-hydrogen) atoms. The van der Waals surface area contributed by atoms with Crippen LogP contribution in [0.2, 0.25) is 0 Å². The molecule has 0 spiro atoms. The summed E-state index contributed by atoms with van der Waals surface area (Å²) in [5.41, 5.74) is 34.8. The van der Waals surface area contributed by atoms with Gasteiger partial charge in [0.1, 0.15) is 0 Å². The van der Waals surface area contributed by atoms with Crippen LogP contribution in [0.25, 0.3) is 178 Å². The van der Waals surface area contributed by atoms with E-state index in [1.807, 2.05) is 48.5 Å². The average molecular weight is 1410 g/mol. The lowest BCUT2D eigenvalue weighted by Crippen LogP contribution is -2.15. The monoisotopic (exact) mass is 1400 g/mol. The second-order valence-corrected chi connectivity index (χ2v) is 30.1. The number of nitrogens with zero attached hydrogens (tertiary/aromatic N) is 4. The first kappa shape index (κ1) is 66.9. The molecule has 0 aliphatic heterocycles. The van der Waals surface area contributed by atoms with E-state index in [2.05, 4.69) is 367 Å². The van der Waals surface area contributed by atoms with Gasteiger partial charge in [-0.05, 0) is 181 Å². The zero-order valence-corrected chi connectivity index (χ0v) is 61.7. The smallest absolute Gasteiger partial charge is 0.160 e. The Morgan fingerprint density at radius 2 is 0.482 bits per heavy atom. The van der Waals surface area contributed by atoms with Crippen LogP contribution < -0.4 is 0 Å². The topological polar surface area (TPSA) is 51.6 Å². The average Bonchev–Trinajstić information content (AvgIpc) is 1.57. The van der Waals surface area contributed by atoms with E-state index in [-0.39, 0.29) is 10.8 Å². The fraction of sp³-hybridized carbons (Fsp3) is 0.0566. The van der Waals surface area contributed by atoms with E-state index in [4.69, 9.17) is 19.9 Å². The van der Waals surface area contributed by atoms with Gasteiger partial charge in [-0.15, -0.1) is 0 Å². The van der Waals surface area contributed by atoms with Crippen LogP contribution in [-0.4, -0.2) is 19.9 Å². The second kappa shape index (κ2) is 27.8. The fourth-order valence-electron chi connectivity index (χ4n) is 16.8. The largest absolute Gasteiger partial charge is 0.228 e. The number of hydrogen-bond donors (Lipinski definition) is 0. The normalized spacial score (nSPS) is 12.7. The summed E-state index contributed by atoms with van der Waals surface area (Å²) in [4.78, 5) is 20.4. The molecule has 2 heterocycles. The van der Waals surface area contributed by atoms with Crippen LogP contribution in [0.4, 0.5) is 0 Å². The van der Waals surface area contributed by atoms with Crippen molar-refractivity contribution in [1.82, 2.24) is 19.9 Å². The van der Waals surface area contributed by atoms with Gasteiger partial charge in [0.05, 0.1) is 22.8 Å². The Hall–Kier alpha value is -13.8. The molecule has 2 aliphatic rings. The Labute approximate surface area is 643 Å². The predicted molar refractivity (Wildman–Crippen MR) is 459 cm³/mol. The Bertz CT molecular complexity index is 6540. The molecule has 0 radical (unpaired) electrons. The fourth-order valence-corrected chi connectivity index (χ4v) is 16.8. The van der Waals surface area contributed by atoms with Crippen LogP contribution in [0.1, 0.15) is 49.9 Å². The molecule has 2 aliphatic carbocycles. The van der Waals surface area contributed by atoms with Crippen molar-refractivity contribution in [2.45, 2.75) is 38.5 Å². The number of aromatic nitrogens is 4. The zero-order chi connectivity index (χ0) is 73.9. The lowest BCUT2D eigenvalue weighted by Gasteiger charge is -2.23. The lowest BCUT2D eigenvalue weighted by atomic mass is 9.79. The van der Waals surface area contributed by atoms with Gasteiger partial charge >= 0.3 is 0 Å². The Kier molecular flexibility index (Phi) is 16.9. The first-order valence-corrected chi connectivity index (χ1v) is 38.0. The van der Waals surface area contributed by atoms with Gasteiger partial charge in [0, 0.05) is 44.2 Å². The van der Waals surface area contributed by atoms with Crippen LogP contribution >= 0.6 is 0 Å². The van der Waals surface area contributed by atoms with Crippen molar-refractivity contribution in [2.75, 3.05) is 0 Å². The Morgan fingerprint density at radius 3 is 0.936 bits per heavy atom. The van der Waals surface area contributed by atoms with Crippen molar-refractivity contribution in [2.24, 2.45) is 0 Å². The highest BCUT2D eigenvalue weighted by Crippen LogP contribution is 2.54. The molecule has 16 aromatic carbocycles. The van der Waals surface area contributed by atoms with E-state index in [9.17, 15) is 0 Å². The minimum absolute atomic E-state index is 0.0877. The first-order valence-electron chi connectivity index (χ1n) is 38.0. The molecule has 18 aromatic rings. The molecule has 4 heteroatoms. The number of benzene rings is 16. The first-order chi connectivity index (χ1) is 54.0. The van der Waals surface area contributed by atoms with Crippen LogP contribution in [0.15, 0.2) is 388 Å². The molecule has 0 N–H and O–H groups in total. The molecule has 0 saturated heterocycles. The summed E-state index contributed by atoms with van der Waals surface area (Å²) < 4.78 is 0. The molecular weight excluding hydrogens is 1330 g/mol. The molecule has 4 nitrogen and oxygen atoms in total. The van der Waals surface area contributed by atoms with Crippen LogP contribution in [-0.2, 0) is 10.8 Å². The van der Waals surface area contributed by atoms with Gasteiger partial charge in [0.15, 0.2) is 11.6 Å². The highest BCUT2D eigenvalue weighted by molar-refractivity contribution is 6.03. The van der Waals surface area contributed by atoms with Crippen LogP contribution in [0.5, 0.6) is 0 Å². The predicted octanol–water partition coefficient (Wildman–Crippen LogP) is 27.9. The summed E-state index contributed by atoms with van der Waals surface area (Å²) in [6, 6.07) is 139. The third-order valence-corrected chi connectivity index (χ3v) is 22.6. The SMILES string of the molecule is CC1(C)c2cc(-c3cccc(-c4cccc(-c5cc(-c6ccc(-c7ccccc7)cc6)nc(-c6ccccc6)n5)c4)c3)ccc2-c2c1ccc1ccccc21.CC1(C)c2cc(-c3cccc(-c4cccc(-c5cc(-c6ccc(-c7ccccc7)cc6)nc(-c6ccccc6)n5)c4)c3)ccc2-c2ccc3ccccc3c21. The van der Waals surface area contributed by atoms with Crippen LogP contribution in [0, 0.1) is 0 Å². The van der Waals surface area contributed by atoms with Gasteiger partial charge in [-0.1, -0.05) is 367 Å². The number of fused-ring (bicyclic) bond motifs is 10. The van der Waals surface area contributed by atoms with E-state index < -0.39 is 0 Å². The van der Waals surface area contributed by atoms with E-state index in [0.29, 0.717) is 11.6 Å². The Morgan fingerprint density at radius 1 is 0.182 bits per heavy atom. The molecule has 0 atom stereocenters. The minimum Gasteiger partial charge on any atom is -0.228 e. The molecule has 20 rings (SSSR count). The Balaban J connectivity index is 0.000000149. The number of hydrogen-bond acceptors (Lipinski definition) is 4. The van der Waals surface area contributed by atoms with Gasteiger partial charge < -0.3 is 0 Å². The molecule has 0 saturated carbocycles. The van der Waals surface area contributed by atoms with Gasteiger partial charge in [0.25, 0.3) is 0 Å². The van der Waals surface area contributed by atoms with E-state index in [1.54, 1.807) is 0 Å². The highest BCUT2D eigenvalue weighted by atomic mass is 14.9. The van der Waals surface area contributed by atoms with Gasteiger partial charge in [-0.3, -0.25) is 0 Å². The molecule has 0 fully saturated rings. The summed E-state index contributed by atoms with van der Waals surface area (Å²) in [5.74, 6) is 1.42. The molecule has 520 valence electrons. The quantitative estimate of drug-likeness (QED) is 0.122. The molecule has 0 bridgehead atoms. The maximum absolute atomic E-state index is 5.14. The summed E-state index contributed by atoms with van der Waals surface area (Å²) in [6.45, 7) is 9.47. The lowest BCUT2D eigenvalue weighted by molar-refractivity contribution is 0.661. The second-order valence-electron chi connectivity index (χ2n) is 30.1. The van der Waals surface area contributed by atoms with E-state index >= 15 is 0 Å². The van der Waals surface area contributed by atoms with Crippen molar-refractivity contribution in [3.8, 4) is 157 Å². The van der Waals surface area contributed by atoms with E-state index in [0.717, 1.165) is 67.3 Å². The van der Waals surface area contributed by atoms with Crippen molar-refractivity contribution in [3.05, 3.63) is 411 Å². The maximum atomic E-state index is 5.14. The molecule has 2 aromatic heterocycles. The third kappa shape index (κ3) is 12.5. The van der Waals surface area contributed by atoms with E-state index in [1.165, 1.54) is 122 Å².